The fourth-order valence-corrected chi connectivity index (χ4v) is 2.44. The number of aliphatic carboxylic acids is 1. The number of carboxylic acid groups (broad SMARTS) is 1. The molecule has 1 aliphatic carbocycles. The van der Waals surface area contributed by atoms with Gasteiger partial charge in [-0.25, -0.2) is 9.59 Å². The molecule has 6 heteroatoms. The largest absolute Gasteiger partial charge is 0.480 e. The fraction of sp³-hybridized carbons (Fsp3) is 0.833. The predicted octanol–water partition coefficient (Wildman–Crippen LogP) is 0.700. The van der Waals surface area contributed by atoms with Gasteiger partial charge in [0.1, 0.15) is 0 Å². The standard InChI is InChI=1S/C12H22N2O4/c1-2-8-5-3-4-6-9(8)13-12(18)14-10(7-15)11(16)17/h8-10,15H,2-7H2,1H3,(H,16,17)(H2,13,14,18)/t8?,9?,10-/m0/s1. The molecule has 1 rings (SSSR count). The summed E-state index contributed by atoms with van der Waals surface area (Å²) in [6, 6.07) is -1.65. The number of urea groups is 1. The van der Waals surface area contributed by atoms with Crippen LogP contribution in [0.3, 0.4) is 0 Å². The van der Waals surface area contributed by atoms with Gasteiger partial charge in [-0.3, -0.25) is 0 Å². The molecule has 0 bridgehead atoms. The van der Waals surface area contributed by atoms with Crippen molar-refractivity contribution in [2.24, 2.45) is 5.92 Å². The second-order valence-corrected chi connectivity index (χ2v) is 4.75. The first kappa shape index (κ1) is 14.8. The maximum Gasteiger partial charge on any atom is 0.328 e. The summed E-state index contributed by atoms with van der Waals surface area (Å²) >= 11 is 0. The summed E-state index contributed by atoms with van der Waals surface area (Å²) < 4.78 is 0. The third kappa shape index (κ3) is 4.18. The van der Waals surface area contributed by atoms with E-state index in [1.807, 2.05) is 0 Å². The summed E-state index contributed by atoms with van der Waals surface area (Å²) in [5.74, 6) is -0.773. The second kappa shape index (κ2) is 7.20. The summed E-state index contributed by atoms with van der Waals surface area (Å²) in [6.07, 6.45) is 5.32. The molecule has 0 saturated heterocycles. The maximum absolute atomic E-state index is 11.6. The van der Waals surface area contributed by atoms with Gasteiger partial charge in [-0.05, 0) is 18.8 Å². The summed E-state index contributed by atoms with van der Waals surface area (Å²) in [4.78, 5) is 22.3. The number of aliphatic hydroxyl groups excluding tert-OH is 1. The zero-order valence-electron chi connectivity index (χ0n) is 10.7. The molecule has 0 aromatic heterocycles. The molecule has 0 aromatic carbocycles. The Kier molecular flexibility index (Phi) is 5.91. The smallest absolute Gasteiger partial charge is 0.328 e. The molecule has 0 heterocycles. The molecule has 2 amide bonds. The van der Waals surface area contributed by atoms with Crippen molar-refractivity contribution in [1.82, 2.24) is 10.6 Å². The van der Waals surface area contributed by atoms with E-state index in [1.54, 1.807) is 0 Å². The van der Waals surface area contributed by atoms with E-state index in [1.165, 1.54) is 6.42 Å². The van der Waals surface area contributed by atoms with Crippen LogP contribution in [-0.4, -0.2) is 40.9 Å². The maximum atomic E-state index is 11.6. The highest BCUT2D eigenvalue weighted by Crippen LogP contribution is 2.26. The Balaban J connectivity index is 2.45. The van der Waals surface area contributed by atoms with Crippen LogP contribution in [-0.2, 0) is 4.79 Å². The van der Waals surface area contributed by atoms with Crippen LogP contribution in [0.25, 0.3) is 0 Å². The van der Waals surface area contributed by atoms with Gasteiger partial charge in [0.05, 0.1) is 6.61 Å². The van der Waals surface area contributed by atoms with Crippen LogP contribution in [0.4, 0.5) is 4.79 Å². The number of hydrogen-bond acceptors (Lipinski definition) is 3. The predicted molar refractivity (Wildman–Crippen MR) is 66.2 cm³/mol. The number of rotatable bonds is 5. The van der Waals surface area contributed by atoms with Gasteiger partial charge < -0.3 is 20.8 Å². The van der Waals surface area contributed by atoms with Gasteiger partial charge in [-0.2, -0.15) is 0 Å². The van der Waals surface area contributed by atoms with Crippen LogP contribution in [0.2, 0.25) is 0 Å². The van der Waals surface area contributed by atoms with Crippen molar-refractivity contribution in [3.8, 4) is 0 Å². The lowest BCUT2D eigenvalue weighted by Gasteiger charge is -2.31. The number of hydrogen-bond donors (Lipinski definition) is 4. The minimum absolute atomic E-state index is 0.108. The minimum atomic E-state index is -1.24. The lowest BCUT2D eigenvalue weighted by molar-refractivity contribution is -0.140. The van der Waals surface area contributed by atoms with Crippen molar-refractivity contribution in [3.63, 3.8) is 0 Å². The first-order chi connectivity index (χ1) is 8.58. The molecule has 3 atom stereocenters. The first-order valence-electron chi connectivity index (χ1n) is 6.49. The number of aliphatic hydroxyl groups is 1. The molecule has 2 unspecified atom stereocenters. The number of carbonyl (C=O) groups is 2. The third-order valence-corrected chi connectivity index (χ3v) is 3.54. The summed E-state index contributed by atoms with van der Waals surface area (Å²) in [6.45, 7) is 1.49. The molecule has 6 nitrogen and oxygen atoms in total. The fourth-order valence-electron chi connectivity index (χ4n) is 2.44. The zero-order chi connectivity index (χ0) is 13.5. The molecule has 4 N–H and O–H groups in total. The van der Waals surface area contributed by atoms with Crippen LogP contribution in [0.1, 0.15) is 39.0 Å². The highest BCUT2D eigenvalue weighted by Gasteiger charge is 2.26. The zero-order valence-corrected chi connectivity index (χ0v) is 10.7. The van der Waals surface area contributed by atoms with Gasteiger partial charge in [0, 0.05) is 6.04 Å². The van der Waals surface area contributed by atoms with Gasteiger partial charge in [0.25, 0.3) is 0 Å². The van der Waals surface area contributed by atoms with Crippen molar-refractivity contribution in [2.75, 3.05) is 6.61 Å². The topological polar surface area (TPSA) is 98.7 Å². The molecule has 0 aromatic rings. The Morgan fingerprint density at radius 1 is 1.33 bits per heavy atom. The normalized spacial score (nSPS) is 25.2. The minimum Gasteiger partial charge on any atom is -0.480 e. The number of carbonyl (C=O) groups excluding carboxylic acids is 1. The Labute approximate surface area is 107 Å². The molecule has 1 saturated carbocycles. The molecular weight excluding hydrogens is 236 g/mol. The van der Waals surface area contributed by atoms with E-state index in [2.05, 4.69) is 17.6 Å². The quantitative estimate of drug-likeness (QED) is 0.583. The third-order valence-electron chi connectivity index (χ3n) is 3.54. The lowest BCUT2D eigenvalue weighted by Crippen LogP contribution is -2.52. The van der Waals surface area contributed by atoms with Crippen LogP contribution >= 0.6 is 0 Å². The molecule has 104 valence electrons. The summed E-state index contributed by atoms with van der Waals surface area (Å²) in [5, 5.41) is 22.6. The van der Waals surface area contributed by atoms with Crippen LogP contribution in [0, 0.1) is 5.92 Å². The van der Waals surface area contributed by atoms with Gasteiger partial charge >= 0.3 is 12.0 Å². The van der Waals surface area contributed by atoms with Gasteiger partial charge in [-0.1, -0.05) is 26.2 Å². The SMILES string of the molecule is CCC1CCCCC1NC(=O)N[C@@H](CO)C(=O)O. The number of carboxylic acids is 1. The van der Waals surface area contributed by atoms with E-state index in [0.29, 0.717) is 5.92 Å². The molecule has 0 radical (unpaired) electrons. The average Bonchev–Trinajstić information content (AvgIpc) is 2.36. The van der Waals surface area contributed by atoms with Crippen molar-refractivity contribution in [1.29, 1.82) is 0 Å². The highest BCUT2D eigenvalue weighted by atomic mass is 16.4. The van der Waals surface area contributed by atoms with Gasteiger partial charge in [0.15, 0.2) is 6.04 Å². The van der Waals surface area contributed by atoms with Crippen molar-refractivity contribution < 1.29 is 19.8 Å². The van der Waals surface area contributed by atoms with Gasteiger partial charge in [0.2, 0.25) is 0 Å². The lowest BCUT2D eigenvalue weighted by atomic mass is 9.83. The molecule has 0 aliphatic heterocycles. The van der Waals surface area contributed by atoms with Crippen LogP contribution < -0.4 is 10.6 Å². The highest BCUT2D eigenvalue weighted by molar-refractivity contribution is 5.82. The summed E-state index contributed by atoms with van der Waals surface area (Å²) in [7, 11) is 0. The Hall–Kier alpha value is -1.30. The Bertz CT molecular complexity index is 296. The molecule has 0 spiro atoms. The first-order valence-corrected chi connectivity index (χ1v) is 6.49. The molecule has 1 aliphatic rings. The number of nitrogens with one attached hydrogen (secondary N) is 2. The molecule has 1 fully saturated rings. The molecular formula is C12H22N2O4. The van der Waals surface area contributed by atoms with Crippen molar-refractivity contribution in [2.45, 2.75) is 51.1 Å². The van der Waals surface area contributed by atoms with Crippen molar-refractivity contribution >= 4 is 12.0 Å². The van der Waals surface area contributed by atoms with E-state index in [-0.39, 0.29) is 6.04 Å². The Morgan fingerprint density at radius 3 is 2.56 bits per heavy atom. The van der Waals surface area contributed by atoms with Gasteiger partial charge in [-0.15, -0.1) is 0 Å². The average molecular weight is 258 g/mol. The van der Waals surface area contributed by atoms with E-state index in [9.17, 15) is 9.59 Å². The van der Waals surface area contributed by atoms with E-state index in [0.717, 1.165) is 25.7 Å². The number of amides is 2. The molecule has 18 heavy (non-hydrogen) atoms. The van der Waals surface area contributed by atoms with E-state index >= 15 is 0 Å². The Morgan fingerprint density at radius 2 is 2.00 bits per heavy atom. The summed E-state index contributed by atoms with van der Waals surface area (Å²) in [5.41, 5.74) is 0. The van der Waals surface area contributed by atoms with Crippen LogP contribution in [0.15, 0.2) is 0 Å². The van der Waals surface area contributed by atoms with E-state index in [4.69, 9.17) is 10.2 Å². The van der Waals surface area contributed by atoms with Crippen LogP contribution in [0.5, 0.6) is 0 Å². The van der Waals surface area contributed by atoms with E-state index < -0.39 is 24.6 Å². The second-order valence-electron chi connectivity index (χ2n) is 4.75. The van der Waals surface area contributed by atoms with Crippen molar-refractivity contribution in [3.05, 3.63) is 0 Å². The monoisotopic (exact) mass is 258 g/mol.